The molecule has 0 atom stereocenters. The number of para-hydroxylation sites is 1. The molecule has 136 valence electrons. The second kappa shape index (κ2) is 8.84. The number of pyridine rings is 1. The third-order valence-corrected chi connectivity index (χ3v) is 4.26. The summed E-state index contributed by atoms with van der Waals surface area (Å²) in [6.07, 6.45) is 2.15. The van der Waals surface area contributed by atoms with Crippen LogP contribution in [0, 0.1) is 0 Å². The monoisotopic (exact) mass is 352 g/mol. The van der Waals surface area contributed by atoms with Gasteiger partial charge in [-0.25, -0.2) is 4.98 Å². The van der Waals surface area contributed by atoms with E-state index in [1.165, 1.54) is 0 Å². The number of rotatable bonds is 5. The fraction of sp³-hybridized carbons (Fsp3) is 0.316. The standard InChI is InChI=1S/C19H24N6O/c20-19(23-16-6-2-1-3-7-16)22-11-9-18(26)25-14-12-24(13-15-25)17-8-4-5-10-21-17/h1-8,10H,9,11-15H2,(H3,20,22,23). The Morgan fingerprint density at radius 3 is 2.50 bits per heavy atom. The SMILES string of the molecule is NC(=NCCC(=O)N1CCN(c2ccccn2)CC1)Nc1ccccc1. The number of anilines is 2. The van der Waals surface area contributed by atoms with Crippen LogP contribution in [-0.2, 0) is 4.79 Å². The van der Waals surface area contributed by atoms with Crippen LogP contribution in [0.1, 0.15) is 6.42 Å². The van der Waals surface area contributed by atoms with Crippen molar-refractivity contribution in [1.82, 2.24) is 9.88 Å². The summed E-state index contributed by atoms with van der Waals surface area (Å²) in [5.41, 5.74) is 6.73. The molecule has 1 amide bonds. The van der Waals surface area contributed by atoms with Crippen molar-refractivity contribution in [3.8, 4) is 0 Å². The van der Waals surface area contributed by atoms with Gasteiger partial charge < -0.3 is 20.9 Å². The lowest BCUT2D eigenvalue weighted by atomic mass is 10.2. The van der Waals surface area contributed by atoms with Crippen LogP contribution in [0.25, 0.3) is 0 Å². The Balaban J connectivity index is 1.41. The highest BCUT2D eigenvalue weighted by Crippen LogP contribution is 2.13. The van der Waals surface area contributed by atoms with Crippen molar-refractivity contribution in [2.75, 3.05) is 42.9 Å². The van der Waals surface area contributed by atoms with E-state index in [0.29, 0.717) is 32.0 Å². The predicted molar refractivity (Wildman–Crippen MR) is 104 cm³/mol. The lowest BCUT2D eigenvalue weighted by molar-refractivity contribution is -0.131. The van der Waals surface area contributed by atoms with Gasteiger partial charge >= 0.3 is 0 Å². The molecule has 1 aromatic carbocycles. The first-order valence-corrected chi connectivity index (χ1v) is 8.78. The fourth-order valence-corrected chi connectivity index (χ4v) is 2.86. The number of carbonyl (C=O) groups is 1. The Bertz CT molecular complexity index is 726. The minimum absolute atomic E-state index is 0.113. The molecule has 26 heavy (non-hydrogen) atoms. The lowest BCUT2D eigenvalue weighted by Gasteiger charge is -2.35. The topological polar surface area (TPSA) is 86.8 Å². The third kappa shape index (κ3) is 4.95. The molecule has 0 spiro atoms. The molecule has 1 aliphatic rings. The predicted octanol–water partition coefficient (Wildman–Crippen LogP) is 1.55. The highest BCUT2D eigenvalue weighted by molar-refractivity contribution is 5.92. The molecular weight excluding hydrogens is 328 g/mol. The zero-order chi connectivity index (χ0) is 18.2. The van der Waals surface area contributed by atoms with E-state index in [0.717, 1.165) is 24.6 Å². The molecule has 2 heterocycles. The van der Waals surface area contributed by atoms with Crippen molar-refractivity contribution in [3.05, 3.63) is 54.7 Å². The minimum atomic E-state index is 0.113. The number of aromatic nitrogens is 1. The molecule has 1 aliphatic heterocycles. The number of nitrogens with one attached hydrogen (secondary N) is 1. The largest absolute Gasteiger partial charge is 0.370 e. The van der Waals surface area contributed by atoms with Gasteiger partial charge in [0.25, 0.3) is 0 Å². The number of aliphatic imine (C=N–C) groups is 1. The molecule has 3 rings (SSSR count). The van der Waals surface area contributed by atoms with Crippen molar-refractivity contribution >= 4 is 23.4 Å². The average Bonchev–Trinajstić information content (AvgIpc) is 2.69. The van der Waals surface area contributed by atoms with Gasteiger partial charge in [-0.05, 0) is 24.3 Å². The van der Waals surface area contributed by atoms with E-state index >= 15 is 0 Å². The van der Waals surface area contributed by atoms with Crippen molar-refractivity contribution in [2.24, 2.45) is 10.7 Å². The molecule has 2 aromatic rings. The van der Waals surface area contributed by atoms with Gasteiger partial charge in [-0.3, -0.25) is 9.79 Å². The van der Waals surface area contributed by atoms with Gasteiger partial charge in [-0.2, -0.15) is 0 Å². The average molecular weight is 352 g/mol. The number of piperazine rings is 1. The Morgan fingerprint density at radius 1 is 1.08 bits per heavy atom. The Hall–Kier alpha value is -3.09. The first-order chi connectivity index (χ1) is 12.7. The van der Waals surface area contributed by atoms with Crippen LogP contribution in [0.4, 0.5) is 11.5 Å². The number of carbonyl (C=O) groups excluding carboxylic acids is 1. The Kier molecular flexibility index (Phi) is 6.03. The van der Waals surface area contributed by atoms with E-state index in [2.05, 4.69) is 20.2 Å². The van der Waals surface area contributed by atoms with Crippen LogP contribution in [-0.4, -0.2) is 54.5 Å². The van der Waals surface area contributed by atoms with E-state index in [-0.39, 0.29) is 5.91 Å². The molecule has 1 aromatic heterocycles. The number of guanidine groups is 1. The number of hydrogen-bond acceptors (Lipinski definition) is 4. The molecule has 3 N–H and O–H groups in total. The summed E-state index contributed by atoms with van der Waals surface area (Å²) >= 11 is 0. The molecule has 1 saturated heterocycles. The molecule has 0 saturated carbocycles. The van der Waals surface area contributed by atoms with Crippen LogP contribution in [0.2, 0.25) is 0 Å². The molecule has 0 unspecified atom stereocenters. The second-order valence-electron chi connectivity index (χ2n) is 6.06. The number of benzene rings is 1. The fourth-order valence-electron chi connectivity index (χ4n) is 2.86. The highest BCUT2D eigenvalue weighted by Gasteiger charge is 2.21. The summed E-state index contributed by atoms with van der Waals surface area (Å²) in [5.74, 6) is 1.40. The van der Waals surface area contributed by atoms with E-state index in [4.69, 9.17) is 5.73 Å². The van der Waals surface area contributed by atoms with E-state index in [1.54, 1.807) is 6.20 Å². The number of nitrogens with two attached hydrogens (primary N) is 1. The van der Waals surface area contributed by atoms with Crippen molar-refractivity contribution < 1.29 is 4.79 Å². The second-order valence-corrected chi connectivity index (χ2v) is 6.06. The summed E-state index contributed by atoms with van der Waals surface area (Å²) in [7, 11) is 0. The lowest BCUT2D eigenvalue weighted by Crippen LogP contribution is -2.49. The maximum absolute atomic E-state index is 12.3. The van der Waals surface area contributed by atoms with Crippen molar-refractivity contribution in [2.45, 2.75) is 6.42 Å². The van der Waals surface area contributed by atoms with E-state index in [9.17, 15) is 4.79 Å². The number of hydrogen-bond donors (Lipinski definition) is 2. The quantitative estimate of drug-likeness (QED) is 0.630. The van der Waals surface area contributed by atoms with Crippen molar-refractivity contribution in [3.63, 3.8) is 0 Å². The van der Waals surface area contributed by atoms with Crippen LogP contribution < -0.4 is 16.0 Å². The minimum Gasteiger partial charge on any atom is -0.370 e. The zero-order valence-corrected chi connectivity index (χ0v) is 14.7. The molecule has 7 heteroatoms. The first-order valence-electron chi connectivity index (χ1n) is 8.78. The van der Waals surface area contributed by atoms with Crippen LogP contribution >= 0.6 is 0 Å². The molecule has 7 nitrogen and oxygen atoms in total. The zero-order valence-electron chi connectivity index (χ0n) is 14.7. The first kappa shape index (κ1) is 17.7. The van der Waals surface area contributed by atoms with Gasteiger partial charge in [0.1, 0.15) is 5.82 Å². The van der Waals surface area contributed by atoms with Gasteiger partial charge in [0, 0.05) is 44.5 Å². The van der Waals surface area contributed by atoms with Gasteiger partial charge in [0.05, 0.1) is 6.54 Å². The number of nitrogens with zero attached hydrogens (tertiary/aromatic N) is 4. The van der Waals surface area contributed by atoms with Crippen LogP contribution in [0.15, 0.2) is 59.7 Å². The van der Waals surface area contributed by atoms with Crippen molar-refractivity contribution in [1.29, 1.82) is 0 Å². The summed E-state index contributed by atoms with van der Waals surface area (Å²) in [4.78, 5) is 25.0. The van der Waals surface area contributed by atoms with Gasteiger partial charge in [-0.15, -0.1) is 0 Å². The molecular formula is C19H24N6O. The summed E-state index contributed by atoms with van der Waals surface area (Å²) in [6, 6.07) is 15.5. The van der Waals surface area contributed by atoms with Gasteiger partial charge in [0.15, 0.2) is 5.96 Å². The third-order valence-electron chi connectivity index (χ3n) is 4.26. The van der Waals surface area contributed by atoms with Crippen LogP contribution in [0.5, 0.6) is 0 Å². The number of amides is 1. The maximum atomic E-state index is 12.3. The molecule has 1 fully saturated rings. The Labute approximate surface area is 153 Å². The maximum Gasteiger partial charge on any atom is 0.224 e. The summed E-state index contributed by atoms with van der Waals surface area (Å²) in [6.45, 7) is 3.38. The molecule has 0 aliphatic carbocycles. The smallest absolute Gasteiger partial charge is 0.224 e. The van der Waals surface area contributed by atoms with Gasteiger partial charge in [-0.1, -0.05) is 24.3 Å². The van der Waals surface area contributed by atoms with E-state index < -0.39 is 0 Å². The van der Waals surface area contributed by atoms with Gasteiger partial charge in [0.2, 0.25) is 5.91 Å². The molecule has 0 bridgehead atoms. The van der Waals surface area contributed by atoms with E-state index in [1.807, 2.05) is 53.4 Å². The highest BCUT2D eigenvalue weighted by atomic mass is 16.2. The normalized spacial score (nSPS) is 15.0. The molecule has 0 radical (unpaired) electrons. The Morgan fingerprint density at radius 2 is 1.81 bits per heavy atom. The summed E-state index contributed by atoms with van der Waals surface area (Å²) in [5, 5.41) is 3.01. The summed E-state index contributed by atoms with van der Waals surface area (Å²) < 4.78 is 0. The van der Waals surface area contributed by atoms with Crippen LogP contribution in [0.3, 0.4) is 0 Å².